The van der Waals surface area contributed by atoms with Gasteiger partial charge in [0.05, 0.1) is 14.7 Å². The van der Waals surface area contributed by atoms with Crippen LogP contribution in [0.3, 0.4) is 0 Å². The molecule has 0 amide bonds. The summed E-state index contributed by atoms with van der Waals surface area (Å²) in [6.45, 7) is -0.106. The summed E-state index contributed by atoms with van der Waals surface area (Å²) in [5, 5.41) is 13.5. The molecular formula is C17H10F7I2N3O3. The number of ether oxygens (including phenoxy) is 1. The molecule has 6 nitrogen and oxygen atoms in total. The fourth-order valence-corrected chi connectivity index (χ4v) is 4.17. The monoisotopic (exact) mass is 691 g/mol. The molecule has 0 aromatic heterocycles. The number of non-ortho nitro benzene ring substituents is 1. The fourth-order valence-electron chi connectivity index (χ4n) is 2.13. The van der Waals surface area contributed by atoms with Crippen LogP contribution in [0.4, 0.5) is 36.4 Å². The van der Waals surface area contributed by atoms with Crippen LogP contribution in [-0.4, -0.2) is 29.3 Å². The maximum absolute atomic E-state index is 13.3. The summed E-state index contributed by atoms with van der Waals surface area (Å²) in [7, 11) is 0. The Morgan fingerprint density at radius 2 is 1.66 bits per heavy atom. The lowest BCUT2D eigenvalue weighted by Gasteiger charge is -2.27. The summed E-state index contributed by atoms with van der Waals surface area (Å²) >= 11 is 3.71. The lowest BCUT2D eigenvalue weighted by molar-refractivity contribution is -0.384. The summed E-state index contributed by atoms with van der Waals surface area (Å²) in [4.78, 5) is 10.1. The molecule has 2 rings (SSSR count). The molecule has 0 aliphatic carbocycles. The molecule has 0 aliphatic rings. The van der Waals surface area contributed by atoms with Gasteiger partial charge in [0.1, 0.15) is 12.4 Å². The molecule has 174 valence electrons. The van der Waals surface area contributed by atoms with E-state index in [0.29, 0.717) is 24.3 Å². The Morgan fingerprint density at radius 1 is 1.06 bits per heavy atom. The molecule has 0 spiro atoms. The minimum atomic E-state index is -6.49. The number of nitrogens with one attached hydrogen (secondary N) is 1. The number of rotatable bonds is 8. The predicted octanol–water partition coefficient (Wildman–Crippen LogP) is 6.10. The highest BCUT2D eigenvalue weighted by Gasteiger charge is 2.73. The highest BCUT2D eigenvalue weighted by Crippen LogP contribution is 2.45. The van der Waals surface area contributed by atoms with Crippen LogP contribution < -0.4 is 10.2 Å². The smallest absolute Gasteiger partial charge is 0.462 e. The second kappa shape index (κ2) is 9.92. The van der Waals surface area contributed by atoms with Gasteiger partial charge in [-0.2, -0.15) is 35.8 Å². The first kappa shape index (κ1) is 26.3. The second-order valence-electron chi connectivity index (χ2n) is 6.03. The Bertz CT molecular complexity index is 1020. The third-order valence-electron chi connectivity index (χ3n) is 3.73. The Labute approximate surface area is 202 Å². The zero-order chi connectivity index (χ0) is 24.3. The number of nitro benzene ring substituents is 1. The molecular weight excluding hydrogens is 681 g/mol. The summed E-state index contributed by atoms with van der Waals surface area (Å²) in [6, 6.07) is 2.64. The Balaban J connectivity index is 2.22. The van der Waals surface area contributed by atoms with Crippen molar-refractivity contribution in [3.8, 4) is 5.75 Å². The van der Waals surface area contributed by atoms with Crippen molar-refractivity contribution < 1.29 is 40.4 Å². The SMILES string of the molecule is O=[N+]([O-])c1ccc(COc2c(I)cc(I)cc2/C=N\NC(F)(F)C(F)(F)C(F)(F)F)cc1. The number of hydrogen-bond donors (Lipinski definition) is 1. The summed E-state index contributed by atoms with van der Waals surface area (Å²) in [6.07, 6.45) is -5.87. The van der Waals surface area contributed by atoms with Crippen molar-refractivity contribution in [2.45, 2.75) is 24.8 Å². The average molecular weight is 691 g/mol. The van der Waals surface area contributed by atoms with Crippen LogP contribution in [0.1, 0.15) is 11.1 Å². The number of alkyl halides is 7. The van der Waals surface area contributed by atoms with Gasteiger partial charge in [-0.1, -0.05) is 0 Å². The van der Waals surface area contributed by atoms with Gasteiger partial charge in [-0.15, -0.1) is 0 Å². The van der Waals surface area contributed by atoms with E-state index in [-0.39, 0.29) is 23.6 Å². The first-order chi connectivity index (χ1) is 14.7. The van der Waals surface area contributed by atoms with E-state index in [1.54, 1.807) is 6.07 Å². The van der Waals surface area contributed by atoms with Crippen molar-refractivity contribution in [3.63, 3.8) is 0 Å². The highest BCUT2D eigenvalue weighted by molar-refractivity contribution is 14.1. The molecule has 0 bridgehead atoms. The van der Waals surface area contributed by atoms with Gasteiger partial charge in [0.25, 0.3) is 5.69 Å². The van der Waals surface area contributed by atoms with Gasteiger partial charge in [0, 0.05) is 21.3 Å². The van der Waals surface area contributed by atoms with Crippen LogP contribution in [0.15, 0.2) is 41.5 Å². The third-order valence-corrected chi connectivity index (χ3v) is 5.15. The predicted molar refractivity (Wildman–Crippen MR) is 116 cm³/mol. The zero-order valence-electron chi connectivity index (χ0n) is 15.3. The number of benzene rings is 2. The molecule has 0 aliphatic heterocycles. The average Bonchev–Trinajstić information content (AvgIpc) is 2.66. The zero-order valence-corrected chi connectivity index (χ0v) is 19.6. The van der Waals surface area contributed by atoms with Crippen molar-refractivity contribution in [2.75, 3.05) is 0 Å². The second-order valence-corrected chi connectivity index (χ2v) is 8.44. The highest BCUT2D eigenvalue weighted by atomic mass is 127. The molecule has 0 heterocycles. The molecule has 2 aromatic carbocycles. The van der Waals surface area contributed by atoms with E-state index in [1.807, 2.05) is 45.2 Å². The van der Waals surface area contributed by atoms with Gasteiger partial charge in [-0.25, -0.2) is 5.43 Å². The molecule has 0 saturated heterocycles. The van der Waals surface area contributed by atoms with Gasteiger partial charge >= 0.3 is 18.1 Å². The number of nitro groups is 1. The van der Waals surface area contributed by atoms with E-state index in [4.69, 9.17) is 4.74 Å². The van der Waals surface area contributed by atoms with Crippen LogP contribution in [0, 0.1) is 17.3 Å². The Kier molecular flexibility index (Phi) is 8.16. The van der Waals surface area contributed by atoms with Crippen LogP contribution in [-0.2, 0) is 6.61 Å². The van der Waals surface area contributed by atoms with Crippen LogP contribution in [0.5, 0.6) is 5.75 Å². The minimum Gasteiger partial charge on any atom is -0.487 e. The van der Waals surface area contributed by atoms with Crippen LogP contribution >= 0.6 is 45.2 Å². The van der Waals surface area contributed by atoms with Gasteiger partial charge in [0.2, 0.25) is 0 Å². The first-order valence-corrected chi connectivity index (χ1v) is 10.3. The topological polar surface area (TPSA) is 76.8 Å². The van der Waals surface area contributed by atoms with Gasteiger partial charge in [-0.05, 0) is 75.0 Å². The van der Waals surface area contributed by atoms with Gasteiger partial charge in [-0.3, -0.25) is 10.1 Å². The van der Waals surface area contributed by atoms with E-state index >= 15 is 0 Å². The summed E-state index contributed by atoms with van der Waals surface area (Å²) in [5.41, 5.74) is 0.939. The quantitative estimate of drug-likeness (QED) is 0.0908. The lowest BCUT2D eigenvalue weighted by Crippen LogP contribution is -2.58. The number of nitrogens with zero attached hydrogens (tertiary/aromatic N) is 2. The maximum atomic E-state index is 13.3. The van der Waals surface area contributed by atoms with E-state index in [1.165, 1.54) is 30.3 Å². The lowest BCUT2D eigenvalue weighted by atomic mass is 10.2. The molecule has 0 saturated carbocycles. The number of hydrogen-bond acceptors (Lipinski definition) is 5. The van der Waals surface area contributed by atoms with Crippen molar-refractivity contribution in [2.24, 2.45) is 5.10 Å². The van der Waals surface area contributed by atoms with Crippen molar-refractivity contribution in [1.82, 2.24) is 5.43 Å². The Hall–Kier alpha value is -1.92. The third kappa shape index (κ3) is 6.10. The van der Waals surface area contributed by atoms with Crippen LogP contribution in [0.2, 0.25) is 0 Å². The largest absolute Gasteiger partial charge is 0.487 e. The van der Waals surface area contributed by atoms with Crippen molar-refractivity contribution in [1.29, 1.82) is 0 Å². The summed E-state index contributed by atoms with van der Waals surface area (Å²) < 4.78 is 95.8. The summed E-state index contributed by atoms with van der Waals surface area (Å²) in [5.74, 6) is -6.27. The molecule has 0 fully saturated rings. The Morgan fingerprint density at radius 3 is 2.19 bits per heavy atom. The molecule has 15 heteroatoms. The minimum absolute atomic E-state index is 0.0156. The fraction of sp³-hybridized carbons (Fsp3) is 0.235. The van der Waals surface area contributed by atoms with Crippen molar-refractivity contribution >= 4 is 57.1 Å². The van der Waals surface area contributed by atoms with Gasteiger partial charge < -0.3 is 4.74 Å². The molecule has 0 atom stereocenters. The molecule has 2 aromatic rings. The number of hydrazone groups is 1. The molecule has 32 heavy (non-hydrogen) atoms. The molecule has 1 N–H and O–H groups in total. The van der Waals surface area contributed by atoms with E-state index in [2.05, 4.69) is 5.10 Å². The molecule has 0 radical (unpaired) electrons. The van der Waals surface area contributed by atoms with Gasteiger partial charge in [0.15, 0.2) is 0 Å². The van der Waals surface area contributed by atoms with E-state index in [0.717, 1.165) is 0 Å². The van der Waals surface area contributed by atoms with E-state index < -0.39 is 23.1 Å². The molecule has 0 unspecified atom stereocenters. The standard InChI is InChI=1S/C17H10F7I2N3O3/c18-15(19,16(20,21)22)17(23,24)28-27-7-10-5-11(25)6-13(26)14(10)32-8-9-1-3-12(4-2-9)29(30)31/h1-7,28H,8H2/b27-7-. The maximum Gasteiger partial charge on any atom is 0.462 e. The van der Waals surface area contributed by atoms with Crippen molar-refractivity contribution in [3.05, 3.63) is 64.8 Å². The first-order valence-electron chi connectivity index (χ1n) is 8.13. The van der Waals surface area contributed by atoms with E-state index in [9.17, 15) is 40.8 Å². The van der Waals surface area contributed by atoms with Crippen LogP contribution in [0.25, 0.3) is 0 Å². The normalized spacial score (nSPS) is 12.8. The number of halogens is 9.